The fraction of sp³-hybridized carbons (Fsp3) is 0.294. The van der Waals surface area contributed by atoms with Gasteiger partial charge in [-0.2, -0.15) is 0 Å². The van der Waals surface area contributed by atoms with Crippen LogP contribution < -0.4 is 5.56 Å². The number of phenols is 1. The van der Waals surface area contributed by atoms with Crippen LogP contribution in [0, 0.1) is 10.7 Å². The molecule has 1 aliphatic rings. The summed E-state index contributed by atoms with van der Waals surface area (Å²) in [6.07, 6.45) is 3.10. The SMILES string of the molecule is C[C@H]1CCc2c(sc3[nH]c(=S)n(-c4ccc(O)cc4)c(=O)c23)C1. The second-order valence-electron chi connectivity index (χ2n) is 6.14. The average molecular weight is 344 g/mol. The summed E-state index contributed by atoms with van der Waals surface area (Å²) in [4.78, 5) is 18.5. The molecule has 6 heteroatoms. The maximum atomic E-state index is 13.1. The van der Waals surface area contributed by atoms with E-state index in [1.807, 2.05) is 0 Å². The number of aromatic amines is 1. The van der Waals surface area contributed by atoms with Gasteiger partial charge in [-0.25, -0.2) is 0 Å². The standard InChI is InChI=1S/C17H16N2O2S2/c1-9-2-7-12-13(8-9)23-15-14(12)16(21)19(17(22)18-15)10-3-5-11(20)6-4-10/h3-6,9,20H,2,7-8H2,1H3,(H,18,22)/t9-/m0/s1. The smallest absolute Gasteiger partial charge is 0.267 e. The minimum Gasteiger partial charge on any atom is -0.508 e. The van der Waals surface area contributed by atoms with Crippen LogP contribution in [0.5, 0.6) is 5.75 Å². The molecule has 2 heterocycles. The molecule has 0 amide bonds. The Morgan fingerprint density at radius 2 is 2.09 bits per heavy atom. The van der Waals surface area contributed by atoms with E-state index in [0.29, 0.717) is 16.4 Å². The third kappa shape index (κ3) is 2.33. The number of aryl methyl sites for hydroxylation is 1. The summed E-state index contributed by atoms with van der Waals surface area (Å²) in [6, 6.07) is 6.53. The quantitative estimate of drug-likeness (QED) is 0.657. The van der Waals surface area contributed by atoms with Gasteiger partial charge in [-0.1, -0.05) is 6.92 Å². The Bertz CT molecular complexity index is 1010. The lowest BCUT2D eigenvalue weighted by atomic mass is 9.89. The van der Waals surface area contributed by atoms with E-state index in [4.69, 9.17) is 12.2 Å². The normalized spacial score (nSPS) is 17.3. The first-order chi connectivity index (χ1) is 11.0. The fourth-order valence-corrected chi connectivity index (χ4v) is 5.02. The summed E-state index contributed by atoms with van der Waals surface area (Å²) in [5.74, 6) is 0.831. The van der Waals surface area contributed by atoms with E-state index in [-0.39, 0.29) is 11.3 Å². The summed E-state index contributed by atoms with van der Waals surface area (Å²) >= 11 is 7.06. The number of hydrogen-bond acceptors (Lipinski definition) is 4. The molecule has 0 aliphatic heterocycles. The molecule has 0 bridgehead atoms. The molecule has 4 nitrogen and oxygen atoms in total. The molecule has 2 N–H and O–H groups in total. The second-order valence-corrected chi connectivity index (χ2v) is 7.63. The molecule has 0 fully saturated rings. The van der Waals surface area contributed by atoms with E-state index < -0.39 is 0 Å². The predicted molar refractivity (Wildman–Crippen MR) is 95.5 cm³/mol. The van der Waals surface area contributed by atoms with Crippen LogP contribution in [-0.2, 0) is 12.8 Å². The Hall–Kier alpha value is -1.92. The topological polar surface area (TPSA) is 58.0 Å². The van der Waals surface area contributed by atoms with Crippen LogP contribution in [0.25, 0.3) is 15.9 Å². The highest BCUT2D eigenvalue weighted by Gasteiger charge is 2.23. The summed E-state index contributed by atoms with van der Waals surface area (Å²) in [5, 5.41) is 10.2. The average Bonchev–Trinajstić information content (AvgIpc) is 2.86. The number of phenolic OH excluding ortho intramolecular Hbond substituents is 1. The van der Waals surface area contributed by atoms with Gasteiger partial charge >= 0.3 is 0 Å². The van der Waals surface area contributed by atoms with Crippen molar-refractivity contribution in [3.8, 4) is 11.4 Å². The number of H-pyrrole nitrogens is 1. The first-order valence-electron chi connectivity index (χ1n) is 7.63. The zero-order chi connectivity index (χ0) is 16.1. The highest BCUT2D eigenvalue weighted by Crippen LogP contribution is 2.35. The molecule has 23 heavy (non-hydrogen) atoms. The molecular formula is C17H16N2O2S2. The number of benzene rings is 1. The molecule has 0 unspecified atom stereocenters. The molecule has 1 atom stereocenters. The zero-order valence-corrected chi connectivity index (χ0v) is 14.3. The Labute approximate surface area is 142 Å². The number of nitrogens with zero attached hydrogens (tertiary/aromatic N) is 1. The third-order valence-electron chi connectivity index (χ3n) is 4.46. The van der Waals surface area contributed by atoms with E-state index in [1.165, 1.54) is 15.0 Å². The van der Waals surface area contributed by atoms with Gasteiger partial charge in [0.1, 0.15) is 10.6 Å². The van der Waals surface area contributed by atoms with Gasteiger partial charge in [-0.15, -0.1) is 11.3 Å². The van der Waals surface area contributed by atoms with Crippen molar-refractivity contribution in [1.29, 1.82) is 0 Å². The van der Waals surface area contributed by atoms with E-state index in [9.17, 15) is 9.90 Å². The number of hydrogen-bond donors (Lipinski definition) is 2. The van der Waals surface area contributed by atoms with Crippen molar-refractivity contribution in [3.05, 3.63) is 49.8 Å². The first-order valence-corrected chi connectivity index (χ1v) is 8.86. The minimum absolute atomic E-state index is 0.0681. The Kier molecular flexibility index (Phi) is 3.39. The molecule has 1 aromatic carbocycles. The number of aromatic hydroxyl groups is 1. The van der Waals surface area contributed by atoms with Crippen LogP contribution in [-0.4, -0.2) is 14.7 Å². The summed E-state index contributed by atoms with van der Waals surface area (Å²) in [6.45, 7) is 2.25. The molecule has 1 aliphatic carbocycles. The van der Waals surface area contributed by atoms with Crippen molar-refractivity contribution in [2.45, 2.75) is 26.2 Å². The van der Waals surface area contributed by atoms with Crippen molar-refractivity contribution >= 4 is 33.8 Å². The number of thiophene rings is 1. The van der Waals surface area contributed by atoms with Crippen molar-refractivity contribution in [3.63, 3.8) is 0 Å². The van der Waals surface area contributed by atoms with Gasteiger partial charge in [-0.3, -0.25) is 9.36 Å². The highest BCUT2D eigenvalue weighted by molar-refractivity contribution is 7.71. The summed E-state index contributed by atoms with van der Waals surface area (Å²) < 4.78 is 1.90. The van der Waals surface area contributed by atoms with Gasteiger partial charge in [0, 0.05) is 4.88 Å². The van der Waals surface area contributed by atoms with E-state index in [2.05, 4.69) is 11.9 Å². The monoisotopic (exact) mass is 344 g/mol. The molecule has 118 valence electrons. The molecule has 0 radical (unpaired) electrons. The number of nitrogens with one attached hydrogen (secondary N) is 1. The molecule has 2 aromatic heterocycles. The predicted octanol–water partition coefficient (Wildman–Crippen LogP) is 3.94. The lowest BCUT2D eigenvalue weighted by Gasteiger charge is -2.17. The van der Waals surface area contributed by atoms with Gasteiger partial charge in [0.05, 0.1) is 11.1 Å². The highest BCUT2D eigenvalue weighted by atomic mass is 32.1. The Morgan fingerprint density at radius 1 is 1.35 bits per heavy atom. The van der Waals surface area contributed by atoms with Gasteiger partial charge < -0.3 is 10.1 Å². The summed E-state index contributed by atoms with van der Waals surface area (Å²) in [5.41, 5.74) is 1.79. The van der Waals surface area contributed by atoms with Crippen LogP contribution in [0.15, 0.2) is 29.1 Å². The van der Waals surface area contributed by atoms with E-state index >= 15 is 0 Å². The van der Waals surface area contributed by atoms with Crippen molar-refractivity contribution < 1.29 is 5.11 Å². The maximum absolute atomic E-state index is 13.1. The van der Waals surface area contributed by atoms with Crippen molar-refractivity contribution in [2.24, 2.45) is 5.92 Å². The van der Waals surface area contributed by atoms with E-state index in [1.54, 1.807) is 35.6 Å². The lowest BCUT2D eigenvalue weighted by molar-refractivity contribution is 0.475. The molecule has 0 saturated carbocycles. The Balaban J connectivity index is 2.02. The molecule has 0 spiro atoms. The number of aromatic nitrogens is 2. The molecular weight excluding hydrogens is 328 g/mol. The van der Waals surface area contributed by atoms with Crippen molar-refractivity contribution in [1.82, 2.24) is 9.55 Å². The van der Waals surface area contributed by atoms with Crippen LogP contribution in [0.1, 0.15) is 23.8 Å². The van der Waals surface area contributed by atoms with Crippen molar-refractivity contribution in [2.75, 3.05) is 0 Å². The van der Waals surface area contributed by atoms with Gasteiger partial charge in [0.15, 0.2) is 4.77 Å². The first kappa shape index (κ1) is 14.7. The zero-order valence-electron chi connectivity index (χ0n) is 12.6. The largest absolute Gasteiger partial charge is 0.508 e. The number of rotatable bonds is 1. The third-order valence-corrected chi connectivity index (χ3v) is 5.91. The summed E-state index contributed by atoms with van der Waals surface area (Å²) in [7, 11) is 0. The van der Waals surface area contributed by atoms with Crippen LogP contribution in [0.4, 0.5) is 0 Å². The lowest BCUT2D eigenvalue weighted by Crippen LogP contribution is -2.21. The molecule has 3 aromatic rings. The van der Waals surface area contributed by atoms with Gasteiger partial charge in [0.2, 0.25) is 0 Å². The maximum Gasteiger partial charge on any atom is 0.267 e. The van der Waals surface area contributed by atoms with Crippen LogP contribution >= 0.6 is 23.6 Å². The molecule has 0 saturated heterocycles. The van der Waals surface area contributed by atoms with Gasteiger partial charge in [0.25, 0.3) is 5.56 Å². The van der Waals surface area contributed by atoms with E-state index in [0.717, 1.165) is 29.5 Å². The minimum atomic E-state index is -0.0681. The van der Waals surface area contributed by atoms with Crippen LogP contribution in [0.3, 0.4) is 0 Å². The second kappa shape index (κ2) is 5.32. The van der Waals surface area contributed by atoms with Crippen LogP contribution in [0.2, 0.25) is 0 Å². The Morgan fingerprint density at radius 3 is 2.83 bits per heavy atom. The molecule has 4 rings (SSSR count). The fourth-order valence-electron chi connectivity index (χ4n) is 3.26. The number of fused-ring (bicyclic) bond motifs is 3. The van der Waals surface area contributed by atoms with Gasteiger partial charge in [-0.05, 0) is 67.2 Å².